The first-order valence-corrected chi connectivity index (χ1v) is 23.0. The molecule has 2 heterocycles. The first-order valence-electron chi connectivity index (χ1n) is 23.0. The molecule has 0 radical (unpaired) electrons. The molecular formula is C60H56BN3. The van der Waals surface area contributed by atoms with Gasteiger partial charge in [0.1, 0.15) is 0 Å². The maximum Gasteiger partial charge on any atom is 0.252 e. The van der Waals surface area contributed by atoms with Crippen molar-refractivity contribution in [3.8, 4) is 11.1 Å². The number of nitrogens with zero attached hydrogens (tertiary/aromatic N) is 3. The second-order valence-electron chi connectivity index (χ2n) is 20.8. The summed E-state index contributed by atoms with van der Waals surface area (Å²) < 4.78 is 0. The minimum atomic E-state index is -0.120. The fourth-order valence-corrected chi connectivity index (χ4v) is 10.9. The molecule has 0 fully saturated rings. The van der Waals surface area contributed by atoms with E-state index in [2.05, 4.69) is 253 Å². The van der Waals surface area contributed by atoms with Crippen LogP contribution in [0, 0.1) is 6.92 Å². The summed E-state index contributed by atoms with van der Waals surface area (Å²) in [7, 11) is 0. The van der Waals surface area contributed by atoms with Crippen molar-refractivity contribution < 1.29 is 0 Å². The van der Waals surface area contributed by atoms with Gasteiger partial charge in [-0.1, -0.05) is 159 Å². The summed E-state index contributed by atoms with van der Waals surface area (Å²) in [5.74, 6) is 0. The molecule has 3 aliphatic rings. The predicted octanol–water partition coefficient (Wildman–Crippen LogP) is 14.4. The van der Waals surface area contributed by atoms with Crippen LogP contribution in [0.2, 0.25) is 0 Å². The molecule has 0 bridgehead atoms. The van der Waals surface area contributed by atoms with Gasteiger partial charge in [-0.2, -0.15) is 0 Å². The molecular weight excluding hydrogens is 773 g/mol. The van der Waals surface area contributed by atoms with Crippen LogP contribution in [-0.2, 0) is 16.2 Å². The van der Waals surface area contributed by atoms with Crippen LogP contribution in [0.3, 0.4) is 0 Å². The molecule has 0 atom stereocenters. The summed E-state index contributed by atoms with van der Waals surface area (Å²) in [6, 6.07) is 66.4. The second kappa shape index (κ2) is 14.4. The molecule has 0 aromatic heterocycles. The molecule has 3 nitrogen and oxygen atoms in total. The number of benzene rings is 8. The van der Waals surface area contributed by atoms with E-state index in [0.717, 1.165) is 22.7 Å². The van der Waals surface area contributed by atoms with E-state index in [1.54, 1.807) is 0 Å². The van der Waals surface area contributed by atoms with E-state index < -0.39 is 0 Å². The van der Waals surface area contributed by atoms with Crippen molar-refractivity contribution in [2.45, 2.75) is 78.6 Å². The van der Waals surface area contributed by atoms with Crippen molar-refractivity contribution in [2.75, 3.05) is 14.7 Å². The topological polar surface area (TPSA) is 9.72 Å². The van der Waals surface area contributed by atoms with Crippen molar-refractivity contribution in [3.63, 3.8) is 0 Å². The molecule has 0 unspecified atom stereocenters. The molecule has 8 aromatic carbocycles. The van der Waals surface area contributed by atoms with Crippen LogP contribution < -0.4 is 31.1 Å². The monoisotopic (exact) mass is 829 g/mol. The van der Waals surface area contributed by atoms with E-state index in [9.17, 15) is 0 Å². The largest absolute Gasteiger partial charge is 0.311 e. The van der Waals surface area contributed by atoms with E-state index in [1.807, 2.05) is 0 Å². The highest BCUT2D eigenvalue weighted by Gasteiger charge is 2.46. The average Bonchev–Trinajstić information content (AvgIpc) is 3.52. The molecule has 0 saturated carbocycles. The third kappa shape index (κ3) is 6.17. The lowest BCUT2D eigenvalue weighted by molar-refractivity contribution is 0.590. The Hall–Kier alpha value is -6.78. The Labute approximate surface area is 380 Å². The molecule has 4 heteroatoms. The lowest BCUT2D eigenvalue weighted by Gasteiger charge is -2.45. The highest BCUT2D eigenvalue weighted by Crippen LogP contribution is 2.55. The highest BCUT2D eigenvalue weighted by molar-refractivity contribution is 7.00. The zero-order chi connectivity index (χ0) is 44.3. The van der Waals surface area contributed by atoms with Crippen molar-refractivity contribution in [2.24, 2.45) is 0 Å². The molecule has 0 saturated heterocycles. The number of hydrogen-bond acceptors (Lipinski definition) is 3. The maximum absolute atomic E-state index is 2.62. The Bertz CT molecular complexity index is 3080. The van der Waals surface area contributed by atoms with Crippen LogP contribution in [0.15, 0.2) is 176 Å². The SMILES string of the molecule is Cc1cc2c3c(c1)N(c1cccc4c1-c1ccccc1C4(C)C)c1ccc(C(C)(C)C)cc1B3c1ccc(N(c3ccccc3)c3ccccc3)cc1N2c1ccc(C(C)(C)C)cc1. The van der Waals surface area contributed by atoms with Crippen LogP contribution in [0.5, 0.6) is 0 Å². The van der Waals surface area contributed by atoms with E-state index in [0.29, 0.717) is 0 Å². The van der Waals surface area contributed by atoms with E-state index in [4.69, 9.17) is 0 Å². The summed E-state index contributed by atoms with van der Waals surface area (Å²) in [5.41, 5.74) is 23.8. The van der Waals surface area contributed by atoms with Gasteiger partial charge in [0.2, 0.25) is 0 Å². The van der Waals surface area contributed by atoms with Crippen molar-refractivity contribution in [1.29, 1.82) is 0 Å². The number of rotatable bonds is 5. The summed E-state index contributed by atoms with van der Waals surface area (Å²) in [6.07, 6.45) is 0. The zero-order valence-corrected chi connectivity index (χ0v) is 38.7. The molecule has 2 aliphatic heterocycles. The molecule has 1 aliphatic carbocycles. The van der Waals surface area contributed by atoms with Gasteiger partial charge < -0.3 is 14.7 Å². The van der Waals surface area contributed by atoms with Crippen LogP contribution in [0.4, 0.5) is 51.2 Å². The van der Waals surface area contributed by atoms with E-state index in [-0.39, 0.29) is 23.0 Å². The second-order valence-corrected chi connectivity index (χ2v) is 20.8. The predicted molar refractivity (Wildman–Crippen MR) is 275 cm³/mol. The molecule has 314 valence electrons. The third-order valence-electron chi connectivity index (χ3n) is 14.2. The van der Waals surface area contributed by atoms with Gasteiger partial charge in [0.05, 0.1) is 5.69 Å². The number of para-hydroxylation sites is 2. The van der Waals surface area contributed by atoms with Crippen LogP contribution >= 0.6 is 0 Å². The van der Waals surface area contributed by atoms with Crippen LogP contribution in [0.1, 0.15) is 83.2 Å². The first-order chi connectivity index (χ1) is 30.7. The number of aryl methyl sites for hydroxylation is 1. The number of fused-ring (bicyclic) bond motifs is 7. The van der Waals surface area contributed by atoms with Crippen LogP contribution in [0.25, 0.3) is 11.1 Å². The normalized spacial score (nSPS) is 14.4. The lowest BCUT2D eigenvalue weighted by atomic mass is 9.33. The summed E-state index contributed by atoms with van der Waals surface area (Å²) in [6.45, 7) is 21.0. The molecule has 8 aromatic rings. The fraction of sp³-hybridized carbons (Fsp3) is 0.200. The van der Waals surface area contributed by atoms with Gasteiger partial charge in [-0.25, -0.2) is 0 Å². The average molecular weight is 830 g/mol. The minimum absolute atomic E-state index is 0.00399. The fourth-order valence-electron chi connectivity index (χ4n) is 10.9. The van der Waals surface area contributed by atoms with Gasteiger partial charge in [-0.15, -0.1) is 0 Å². The van der Waals surface area contributed by atoms with Gasteiger partial charge in [-0.05, 0) is 140 Å². The maximum atomic E-state index is 2.62. The molecule has 0 amide bonds. The summed E-state index contributed by atoms with van der Waals surface area (Å²) in [4.78, 5) is 7.57. The van der Waals surface area contributed by atoms with Crippen molar-refractivity contribution in [3.05, 3.63) is 204 Å². The van der Waals surface area contributed by atoms with Gasteiger partial charge in [0, 0.05) is 56.5 Å². The van der Waals surface area contributed by atoms with E-state index >= 15 is 0 Å². The smallest absolute Gasteiger partial charge is 0.252 e. The Morgan fingerprint density at radius 1 is 0.453 bits per heavy atom. The van der Waals surface area contributed by atoms with Gasteiger partial charge in [0.15, 0.2) is 0 Å². The number of hydrogen-bond donors (Lipinski definition) is 0. The number of anilines is 9. The van der Waals surface area contributed by atoms with Gasteiger partial charge in [0.25, 0.3) is 6.71 Å². The minimum Gasteiger partial charge on any atom is -0.311 e. The van der Waals surface area contributed by atoms with E-state index in [1.165, 1.54) is 83.8 Å². The third-order valence-corrected chi connectivity index (χ3v) is 14.2. The Kier molecular flexibility index (Phi) is 8.99. The standard InChI is InChI=1S/C60H56BN3/c1-39-35-54-57-55(36-39)64(52-26-18-25-48-56(52)46-23-16-17-24-47(46)60(48,8)9)51-34-29-41(59(5,6)7)37-50(51)61(57)49-33-32-45(62(42-19-12-10-13-20-42)43-21-14-11-15-22-43)38-53(49)63(54)44-30-27-40(28-31-44)58(2,3)4/h10-38H,1-9H3. The molecule has 0 spiro atoms. The Balaban J connectivity index is 1.22. The highest BCUT2D eigenvalue weighted by atomic mass is 15.2. The summed E-state index contributed by atoms with van der Waals surface area (Å²) >= 11 is 0. The van der Waals surface area contributed by atoms with Crippen LogP contribution in [-0.4, -0.2) is 6.71 Å². The first kappa shape index (κ1) is 40.0. The van der Waals surface area contributed by atoms with Crippen molar-refractivity contribution in [1.82, 2.24) is 0 Å². The Morgan fingerprint density at radius 2 is 1.05 bits per heavy atom. The summed E-state index contributed by atoms with van der Waals surface area (Å²) in [5, 5.41) is 0. The molecule has 0 N–H and O–H groups in total. The van der Waals surface area contributed by atoms with Gasteiger partial charge >= 0.3 is 0 Å². The Morgan fingerprint density at radius 3 is 1.70 bits per heavy atom. The quantitative estimate of drug-likeness (QED) is 0.160. The van der Waals surface area contributed by atoms with Crippen molar-refractivity contribution >= 4 is 74.3 Å². The van der Waals surface area contributed by atoms with Gasteiger partial charge in [-0.3, -0.25) is 0 Å². The lowest BCUT2D eigenvalue weighted by Crippen LogP contribution is -2.61. The molecule has 64 heavy (non-hydrogen) atoms. The molecule has 11 rings (SSSR count). The zero-order valence-electron chi connectivity index (χ0n) is 38.7.